The van der Waals surface area contributed by atoms with E-state index >= 15 is 0 Å². The van der Waals surface area contributed by atoms with Crippen LogP contribution in [0.5, 0.6) is 0 Å². The Morgan fingerprint density at radius 1 is 0.439 bits per heavy atom. The maximum Gasteiger partial charge on any atom is 0.0774 e. The average molecular weight is 783 g/mol. The summed E-state index contributed by atoms with van der Waals surface area (Å²) in [5.41, 5.74) is 12.4. The number of thiophene rings is 2. The molecule has 0 radical (unpaired) electrons. The lowest BCUT2D eigenvalue weighted by Gasteiger charge is -2.30. The van der Waals surface area contributed by atoms with Gasteiger partial charge in [0.2, 0.25) is 0 Å². The number of anilines is 5. The molecule has 8 aromatic carbocycles. The molecule has 2 nitrogen and oxygen atoms in total. The first kappa shape index (κ1) is 33.1. The minimum atomic E-state index is 0.264. The molecule has 2 aliphatic rings. The monoisotopic (exact) mass is 782 g/mol. The fraction of sp³-hybridized carbons (Fsp3) is 0.0385. The molecular weight excluding hydrogens is 749 g/mol. The van der Waals surface area contributed by atoms with E-state index in [0.29, 0.717) is 5.25 Å². The second-order valence-electron chi connectivity index (χ2n) is 14.8. The van der Waals surface area contributed by atoms with E-state index in [0.717, 1.165) is 11.4 Å². The van der Waals surface area contributed by atoms with Crippen LogP contribution in [0.3, 0.4) is 0 Å². The van der Waals surface area contributed by atoms with Crippen molar-refractivity contribution in [3.05, 3.63) is 205 Å². The molecule has 12 rings (SSSR count). The summed E-state index contributed by atoms with van der Waals surface area (Å²) in [4.78, 5) is 7.97. The summed E-state index contributed by atoms with van der Waals surface area (Å²) in [6.45, 7) is 0. The highest BCUT2D eigenvalue weighted by Crippen LogP contribution is 2.67. The normalized spacial score (nSPS) is 15.6. The van der Waals surface area contributed by atoms with Gasteiger partial charge in [-0.2, -0.15) is 0 Å². The minimum absolute atomic E-state index is 0.264. The third kappa shape index (κ3) is 5.30. The Hall–Kier alpha value is -6.11. The quantitative estimate of drug-likeness (QED) is 0.166. The van der Waals surface area contributed by atoms with Gasteiger partial charge in [-0.1, -0.05) is 133 Å². The first-order chi connectivity index (χ1) is 28.3. The van der Waals surface area contributed by atoms with Gasteiger partial charge in [0.1, 0.15) is 0 Å². The number of rotatable bonds is 6. The predicted octanol–water partition coefficient (Wildman–Crippen LogP) is 16.1. The summed E-state index contributed by atoms with van der Waals surface area (Å²) in [6, 6.07) is 71.7. The van der Waals surface area contributed by atoms with Crippen molar-refractivity contribution >= 4 is 93.1 Å². The maximum atomic E-state index is 2.64. The third-order valence-electron chi connectivity index (χ3n) is 11.6. The van der Waals surface area contributed by atoms with Crippen molar-refractivity contribution in [2.75, 3.05) is 9.80 Å². The molecule has 2 unspecified atom stereocenters. The third-order valence-corrected chi connectivity index (χ3v) is 15.6. The summed E-state index contributed by atoms with van der Waals surface area (Å²) in [5, 5.41) is 4.33. The van der Waals surface area contributed by atoms with Gasteiger partial charge in [-0.15, -0.1) is 34.4 Å². The molecule has 2 aromatic heterocycles. The van der Waals surface area contributed by atoms with Crippen molar-refractivity contribution in [2.24, 2.45) is 0 Å². The van der Waals surface area contributed by atoms with Crippen LogP contribution in [0.25, 0.3) is 52.5 Å². The van der Waals surface area contributed by atoms with Crippen LogP contribution in [0.4, 0.5) is 28.4 Å². The first-order valence-electron chi connectivity index (χ1n) is 19.4. The van der Waals surface area contributed by atoms with Crippen LogP contribution in [0, 0.1) is 0 Å². The van der Waals surface area contributed by atoms with Gasteiger partial charge in [-0.05, 0) is 88.5 Å². The molecule has 0 bridgehead atoms. The van der Waals surface area contributed by atoms with Gasteiger partial charge < -0.3 is 9.80 Å². The highest BCUT2D eigenvalue weighted by Gasteiger charge is 2.48. The Labute approximate surface area is 343 Å². The van der Waals surface area contributed by atoms with Gasteiger partial charge in [-0.3, -0.25) is 0 Å². The standard InChI is InChI=1S/C52H34N2S3/c1-2-11-33(12-3-1)34-21-23-35(24-22-34)36-25-27-37(28-26-36)53(44-17-10-16-41-40-13-4-7-18-45(40)55-50(41)44)38-29-31-39(32-30-38)54-48-42-14-5-8-19-46(42)56-51(48)52-49(54)43-15-6-9-20-47(43)57-52/h1-32,48,51H. The van der Waals surface area contributed by atoms with Gasteiger partial charge in [0, 0.05) is 52.4 Å². The second kappa shape index (κ2) is 13.2. The fourth-order valence-electron chi connectivity index (χ4n) is 8.98. The van der Waals surface area contributed by atoms with Crippen molar-refractivity contribution in [2.45, 2.75) is 16.2 Å². The number of nitrogens with zero attached hydrogens (tertiary/aromatic N) is 2. The Balaban J connectivity index is 0.970. The molecule has 0 amide bonds. The molecule has 270 valence electrons. The molecule has 57 heavy (non-hydrogen) atoms. The summed E-state index contributed by atoms with van der Waals surface area (Å²) >= 11 is 5.87. The summed E-state index contributed by atoms with van der Waals surface area (Å²) < 4.78 is 3.96. The molecule has 10 aromatic rings. The SMILES string of the molecule is c1ccc(-c2ccc(-c3ccc(N(c4ccc(N5c6c(sc7ccccc67)C6Sc7ccccc7C65)cc4)c4cccc5c4sc4ccccc45)cc3)cc2)cc1. The zero-order valence-corrected chi connectivity index (χ0v) is 33.2. The van der Waals surface area contributed by atoms with Gasteiger partial charge in [-0.25, -0.2) is 0 Å². The smallest absolute Gasteiger partial charge is 0.0774 e. The number of fused-ring (bicyclic) bond motifs is 10. The summed E-state index contributed by atoms with van der Waals surface area (Å²) in [6.07, 6.45) is 0. The lowest BCUT2D eigenvalue weighted by atomic mass is 10.00. The number of hydrogen-bond acceptors (Lipinski definition) is 5. The number of thioether (sulfide) groups is 1. The average Bonchev–Trinajstić information content (AvgIpc) is 4.03. The number of benzene rings is 8. The molecule has 0 saturated heterocycles. The van der Waals surface area contributed by atoms with E-state index in [-0.39, 0.29) is 6.04 Å². The molecule has 4 heterocycles. The molecule has 0 N–H and O–H groups in total. The molecule has 0 fully saturated rings. The number of hydrogen-bond donors (Lipinski definition) is 0. The molecular formula is C52H34N2S3. The van der Waals surface area contributed by atoms with E-state index < -0.39 is 0 Å². The van der Waals surface area contributed by atoms with Crippen LogP contribution in [0.1, 0.15) is 21.7 Å². The topological polar surface area (TPSA) is 6.48 Å². The summed E-state index contributed by atoms with van der Waals surface area (Å²) in [5.74, 6) is 0. The Kier molecular flexibility index (Phi) is 7.68. The lowest BCUT2D eigenvalue weighted by Crippen LogP contribution is -2.19. The van der Waals surface area contributed by atoms with Crippen LogP contribution in [0.15, 0.2) is 199 Å². The summed E-state index contributed by atoms with van der Waals surface area (Å²) in [7, 11) is 0. The molecule has 0 saturated carbocycles. The van der Waals surface area contributed by atoms with Crippen molar-refractivity contribution < 1.29 is 0 Å². The van der Waals surface area contributed by atoms with E-state index in [9.17, 15) is 0 Å². The zero-order valence-electron chi connectivity index (χ0n) is 30.7. The van der Waals surface area contributed by atoms with Crippen molar-refractivity contribution in [3.63, 3.8) is 0 Å². The maximum absolute atomic E-state index is 2.64. The highest BCUT2D eigenvalue weighted by atomic mass is 32.2. The van der Waals surface area contributed by atoms with E-state index in [2.05, 4.69) is 204 Å². The van der Waals surface area contributed by atoms with Gasteiger partial charge in [0.15, 0.2) is 0 Å². The molecule has 2 atom stereocenters. The largest absolute Gasteiger partial charge is 0.331 e. The lowest BCUT2D eigenvalue weighted by molar-refractivity contribution is 0.741. The fourth-order valence-corrected chi connectivity index (χ4v) is 13.1. The predicted molar refractivity (Wildman–Crippen MR) is 247 cm³/mol. The van der Waals surface area contributed by atoms with Crippen LogP contribution in [-0.2, 0) is 0 Å². The van der Waals surface area contributed by atoms with E-state index in [1.807, 2.05) is 34.4 Å². The molecule has 0 spiro atoms. The Morgan fingerprint density at radius 3 is 1.74 bits per heavy atom. The van der Waals surface area contributed by atoms with Crippen LogP contribution >= 0.6 is 34.4 Å². The van der Waals surface area contributed by atoms with E-state index in [4.69, 9.17) is 0 Å². The Morgan fingerprint density at radius 2 is 1.00 bits per heavy atom. The Bertz CT molecular complexity index is 3110. The van der Waals surface area contributed by atoms with Gasteiger partial charge in [0.05, 0.1) is 27.4 Å². The van der Waals surface area contributed by atoms with Gasteiger partial charge >= 0.3 is 0 Å². The van der Waals surface area contributed by atoms with Crippen LogP contribution in [0.2, 0.25) is 0 Å². The molecule has 2 aliphatic heterocycles. The zero-order chi connectivity index (χ0) is 37.5. The van der Waals surface area contributed by atoms with Crippen molar-refractivity contribution in [3.8, 4) is 22.3 Å². The molecule has 5 heteroatoms. The van der Waals surface area contributed by atoms with E-state index in [1.165, 1.54) is 84.9 Å². The van der Waals surface area contributed by atoms with E-state index in [1.54, 1.807) is 0 Å². The second-order valence-corrected chi connectivity index (χ2v) is 18.1. The minimum Gasteiger partial charge on any atom is -0.331 e. The van der Waals surface area contributed by atoms with Crippen molar-refractivity contribution in [1.82, 2.24) is 0 Å². The van der Waals surface area contributed by atoms with Gasteiger partial charge in [0.25, 0.3) is 0 Å². The highest BCUT2D eigenvalue weighted by molar-refractivity contribution is 8.00. The van der Waals surface area contributed by atoms with Crippen LogP contribution in [-0.4, -0.2) is 0 Å². The molecule has 0 aliphatic carbocycles. The van der Waals surface area contributed by atoms with Crippen molar-refractivity contribution in [1.29, 1.82) is 0 Å². The first-order valence-corrected chi connectivity index (χ1v) is 21.9. The van der Waals surface area contributed by atoms with Crippen LogP contribution < -0.4 is 9.80 Å².